The molecule has 9 heavy (non-hydrogen) atoms. The second-order valence-electron chi connectivity index (χ2n) is 3.60. The minimum Gasteiger partial charge on any atom is -0.393 e. The highest BCUT2D eigenvalue weighted by Gasteiger charge is 2.35. The lowest BCUT2D eigenvalue weighted by Crippen LogP contribution is -2.12. The van der Waals surface area contributed by atoms with Gasteiger partial charge in [-0.2, -0.15) is 0 Å². The maximum absolute atomic E-state index is 9.40. The summed E-state index contributed by atoms with van der Waals surface area (Å²) in [5, 5.41) is 9.40. The Labute approximate surface area is 56.1 Å². The van der Waals surface area contributed by atoms with Gasteiger partial charge in [-0.3, -0.25) is 0 Å². The molecule has 0 amide bonds. The summed E-state index contributed by atoms with van der Waals surface area (Å²) in [4.78, 5) is 0. The Balaban J connectivity index is 2.07. The van der Waals surface area contributed by atoms with E-state index in [9.17, 15) is 5.11 Å². The highest BCUT2D eigenvalue weighted by atomic mass is 16.3. The van der Waals surface area contributed by atoms with Crippen LogP contribution in [0, 0.1) is 11.8 Å². The first-order valence-corrected chi connectivity index (χ1v) is 4.04. The van der Waals surface area contributed by atoms with Crippen molar-refractivity contribution in [3.63, 3.8) is 0 Å². The number of aliphatic hydroxyl groups excluding tert-OH is 1. The topological polar surface area (TPSA) is 20.2 Å². The first-order valence-electron chi connectivity index (χ1n) is 4.04. The van der Waals surface area contributed by atoms with Gasteiger partial charge in [0.1, 0.15) is 0 Å². The van der Waals surface area contributed by atoms with Gasteiger partial charge in [0.25, 0.3) is 0 Å². The van der Waals surface area contributed by atoms with Crippen molar-refractivity contribution in [2.24, 2.45) is 11.8 Å². The number of hydrogen-bond acceptors (Lipinski definition) is 1. The SMILES string of the molecule is O[C@H]1C[C@H]2CCC[C@@H]1C2. The molecular weight excluding hydrogens is 112 g/mol. The molecule has 0 spiro atoms. The lowest BCUT2D eigenvalue weighted by molar-refractivity contribution is 0.129. The smallest absolute Gasteiger partial charge is 0.0571 e. The van der Waals surface area contributed by atoms with Gasteiger partial charge in [-0.05, 0) is 31.1 Å². The summed E-state index contributed by atoms with van der Waals surface area (Å²) in [6.07, 6.45) is 6.53. The van der Waals surface area contributed by atoms with Crippen LogP contribution in [0.1, 0.15) is 32.1 Å². The summed E-state index contributed by atoms with van der Waals surface area (Å²) in [6.45, 7) is 0. The van der Waals surface area contributed by atoms with Gasteiger partial charge in [0.05, 0.1) is 6.10 Å². The monoisotopic (exact) mass is 126 g/mol. The minimum atomic E-state index is 0.0671. The summed E-state index contributed by atoms with van der Waals surface area (Å²) in [7, 11) is 0. The summed E-state index contributed by atoms with van der Waals surface area (Å²) >= 11 is 0. The van der Waals surface area contributed by atoms with Crippen LogP contribution in [0.4, 0.5) is 0 Å². The summed E-state index contributed by atoms with van der Waals surface area (Å²) in [5.41, 5.74) is 0. The normalized spacial score (nSPS) is 49.7. The lowest BCUT2D eigenvalue weighted by Gasteiger charge is -2.17. The van der Waals surface area contributed by atoms with Crippen molar-refractivity contribution in [2.75, 3.05) is 0 Å². The van der Waals surface area contributed by atoms with Crippen molar-refractivity contribution >= 4 is 0 Å². The second kappa shape index (κ2) is 1.98. The Morgan fingerprint density at radius 1 is 1.11 bits per heavy atom. The van der Waals surface area contributed by atoms with Crippen molar-refractivity contribution < 1.29 is 5.11 Å². The molecule has 0 aromatic carbocycles. The molecule has 0 aromatic heterocycles. The Hall–Kier alpha value is -0.0400. The molecule has 52 valence electrons. The standard InChI is InChI=1S/C8H14O/c9-8-5-6-2-1-3-7(8)4-6/h6-9H,1-5H2/t6-,7+,8-/m0/s1. The first-order chi connectivity index (χ1) is 4.36. The average Bonchev–Trinajstić information content (AvgIpc) is 2.09. The number of hydrogen-bond donors (Lipinski definition) is 1. The predicted molar refractivity (Wildman–Crippen MR) is 36.1 cm³/mol. The Morgan fingerprint density at radius 3 is 2.67 bits per heavy atom. The van der Waals surface area contributed by atoms with Gasteiger partial charge in [-0.1, -0.05) is 12.8 Å². The fraction of sp³-hybridized carbons (Fsp3) is 1.00. The summed E-state index contributed by atoms with van der Waals surface area (Å²) in [5.74, 6) is 1.57. The van der Waals surface area contributed by atoms with Crippen LogP contribution in [-0.2, 0) is 0 Å². The van der Waals surface area contributed by atoms with E-state index >= 15 is 0 Å². The zero-order valence-corrected chi connectivity index (χ0v) is 5.71. The van der Waals surface area contributed by atoms with E-state index in [4.69, 9.17) is 0 Å². The molecule has 1 N–H and O–H groups in total. The zero-order valence-electron chi connectivity index (χ0n) is 5.71. The molecular formula is C8H14O. The van der Waals surface area contributed by atoms with Crippen molar-refractivity contribution in [1.29, 1.82) is 0 Å². The van der Waals surface area contributed by atoms with Crippen molar-refractivity contribution in [1.82, 2.24) is 0 Å². The van der Waals surface area contributed by atoms with E-state index in [0.717, 1.165) is 12.3 Å². The third-order valence-electron chi connectivity index (χ3n) is 2.94. The van der Waals surface area contributed by atoms with Crippen LogP contribution in [0.2, 0.25) is 0 Å². The van der Waals surface area contributed by atoms with E-state index in [1.807, 2.05) is 0 Å². The number of fused-ring (bicyclic) bond motifs is 2. The molecule has 2 aliphatic rings. The molecule has 1 heteroatoms. The molecule has 0 heterocycles. The first kappa shape index (κ1) is 5.72. The second-order valence-corrected chi connectivity index (χ2v) is 3.60. The molecule has 2 aliphatic carbocycles. The Morgan fingerprint density at radius 2 is 2.00 bits per heavy atom. The average molecular weight is 126 g/mol. The van der Waals surface area contributed by atoms with Crippen molar-refractivity contribution in [2.45, 2.75) is 38.2 Å². The summed E-state index contributed by atoms with van der Waals surface area (Å²) in [6, 6.07) is 0. The zero-order chi connectivity index (χ0) is 6.27. The van der Waals surface area contributed by atoms with Crippen LogP contribution >= 0.6 is 0 Å². The van der Waals surface area contributed by atoms with Gasteiger partial charge in [0.2, 0.25) is 0 Å². The van der Waals surface area contributed by atoms with Crippen molar-refractivity contribution in [3.8, 4) is 0 Å². The highest BCUT2D eigenvalue weighted by molar-refractivity contribution is 4.86. The van der Waals surface area contributed by atoms with Crippen LogP contribution < -0.4 is 0 Å². The van der Waals surface area contributed by atoms with Gasteiger partial charge in [-0.15, -0.1) is 0 Å². The molecule has 1 nitrogen and oxygen atoms in total. The van der Waals surface area contributed by atoms with Crippen LogP contribution in [0.5, 0.6) is 0 Å². The fourth-order valence-corrected chi connectivity index (χ4v) is 2.43. The van der Waals surface area contributed by atoms with Crippen LogP contribution in [0.15, 0.2) is 0 Å². The van der Waals surface area contributed by atoms with Crippen LogP contribution in [0.3, 0.4) is 0 Å². The molecule has 0 radical (unpaired) electrons. The maximum Gasteiger partial charge on any atom is 0.0571 e. The molecule has 0 aliphatic heterocycles. The molecule has 2 bridgehead atoms. The predicted octanol–water partition coefficient (Wildman–Crippen LogP) is 1.56. The molecule has 2 rings (SSSR count). The van der Waals surface area contributed by atoms with E-state index in [2.05, 4.69) is 0 Å². The van der Waals surface area contributed by atoms with Crippen LogP contribution in [-0.4, -0.2) is 11.2 Å². The van der Waals surface area contributed by atoms with E-state index in [1.54, 1.807) is 0 Å². The molecule has 2 fully saturated rings. The molecule has 2 saturated carbocycles. The quantitative estimate of drug-likeness (QED) is 0.522. The van der Waals surface area contributed by atoms with E-state index in [1.165, 1.54) is 25.7 Å². The molecule has 0 aromatic rings. The lowest BCUT2D eigenvalue weighted by atomic mass is 9.89. The van der Waals surface area contributed by atoms with Crippen LogP contribution in [0.25, 0.3) is 0 Å². The van der Waals surface area contributed by atoms with Gasteiger partial charge >= 0.3 is 0 Å². The van der Waals surface area contributed by atoms with E-state index in [-0.39, 0.29) is 6.10 Å². The van der Waals surface area contributed by atoms with Gasteiger partial charge < -0.3 is 5.11 Å². The number of aliphatic hydroxyl groups is 1. The van der Waals surface area contributed by atoms with Gasteiger partial charge in [0.15, 0.2) is 0 Å². The molecule has 3 atom stereocenters. The fourth-order valence-electron chi connectivity index (χ4n) is 2.43. The minimum absolute atomic E-state index is 0.0671. The third kappa shape index (κ3) is 0.877. The van der Waals surface area contributed by atoms with E-state index in [0.29, 0.717) is 5.92 Å². The highest BCUT2D eigenvalue weighted by Crippen LogP contribution is 2.41. The maximum atomic E-state index is 9.40. The van der Waals surface area contributed by atoms with Gasteiger partial charge in [0, 0.05) is 0 Å². The van der Waals surface area contributed by atoms with E-state index < -0.39 is 0 Å². The number of rotatable bonds is 0. The Kier molecular flexibility index (Phi) is 1.26. The molecule has 0 saturated heterocycles. The van der Waals surface area contributed by atoms with Gasteiger partial charge in [-0.25, -0.2) is 0 Å². The molecule has 0 unspecified atom stereocenters. The van der Waals surface area contributed by atoms with Crippen molar-refractivity contribution in [3.05, 3.63) is 0 Å². The Bertz CT molecular complexity index is 109. The third-order valence-corrected chi connectivity index (χ3v) is 2.94. The summed E-state index contributed by atoms with van der Waals surface area (Å²) < 4.78 is 0. The largest absolute Gasteiger partial charge is 0.393 e.